The summed E-state index contributed by atoms with van der Waals surface area (Å²) >= 11 is 6.05. The summed E-state index contributed by atoms with van der Waals surface area (Å²) in [5.74, 6) is -0.367. The number of ether oxygens (including phenoxy) is 2. The molecule has 1 atom stereocenters. The SMILES string of the molecule is COC(=O)COc1ccc(S(=O)(=O)N[C@H](C)c2ccccc2)cc1Cl. The molecule has 0 unspecified atom stereocenters. The maximum Gasteiger partial charge on any atom is 0.343 e. The molecule has 0 saturated heterocycles. The van der Waals surface area contributed by atoms with Crippen molar-refractivity contribution in [3.05, 3.63) is 59.1 Å². The van der Waals surface area contributed by atoms with Gasteiger partial charge in [-0.2, -0.15) is 0 Å². The van der Waals surface area contributed by atoms with Crippen molar-refractivity contribution in [1.29, 1.82) is 0 Å². The van der Waals surface area contributed by atoms with Gasteiger partial charge >= 0.3 is 5.97 Å². The number of hydrogen-bond donors (Lipinski definition) is 1. The van der Waals surface area contributed by atoms with Crippen LogP contribution >= 0.6 is 11.6 Å². The summed E-state index contributed by atoms with van der Waals surface area (Å²) in [4.78, 5) is 11.1. The van der Waals surface area contributed by atoms with Gasteiger partial charge in [0.2, 0.25) is 10.0 Å². The molecule has 2 aromatic rings. The Morgan fingerprint density at radius 2 is 1.88 bits per heavy atom. The predicted octanol–water partition coefficient (Wildman–Crippen LogP) is 2.93. The number of nitrogens with one attached hydrogen (secondary N) is 1. The van der Waals surface area contributed by atoms with Gasteiger partial charge in [0.1, 0.15) is 5.75 Å². The van der Waals surface area contributed by atoms with Crippen LogP contribution in [0.25, 0.3) is 0 Å². The summed E-state index contributed by atoms with van der Waals surface area (Å²) in [5.41, 5.74) is 0.843. The van der Waals surface area contributed by atoms with Crippen LogP contribution in [0.3, 0.4) is 0 Å². The van der Waals surface area contributed by atoms with Crippen molar-refractivity contribution in [2.24, 2.45) is 0 Å². The van der Waals surface area contributed by atoms with E-state index < -0.39 is 22.0 Å². The molecule has 2 aromatic carbocycles. The third kappa shape index (κ3) is 5.19. The average molecular weight is 384 g/mol. The Labute approximate surface area is 151 Å². The highest BCUT2D eigenvalue weighted by molar-refractivity contribution is 7.89. The lowest BCUT2D eigenvalue weighted by molar-refractivity contribution is -0.142. The van der Waals surface area contributed by atoms with Gasteiger partial charge in [0.15, 0.2) is 6.61 Å². The summed E-state index contributed by atoms with van der Waals surface area (Å²) < 4.78 is 37.3. The Morgan fingerprint density at radius 1 is 1.20 bits per heavy atom. The van der Waals surface area contributed by atoms with Gasteiger partial charge in [-0.15, -0.1) is 0 Å². The van der Waals surface area contributed by atoms with Crippen LogP contribution in [0.2, 0.25) is 5.02 Å². The molecule has 25 heavy (non-hydrogen) atoms. The van der Waals surface area contributed by atoms with Gasteiger partial charge in [0.05, 0.1) is 17.0 Å². The standard InChI is InChI=1S/C17H18ClNO5S/c1-12(13-6-4-3-5-7-13)19-25(21,22)14-8-9-16(15(18)10-14)24-11-17(20)23-2/h3-10,12,19H,11H2,1-2H3/t12-/m1/s1. The summed E-state index contributed by atoms with van der Waals surface area (Å²) in [7, 11) is -2.53. The minimum Gasteiger partial charge on any atom is -0.480 e. The second kappa shape index (κ2) is 8.33. The summed E-state index contributed by atoms with van der Waals surface area (Å²) in [6.45, 7) is 1.44. The van der Waals surface area contributed by atoms with E-state index in [1.54, 1.807) is 6.92 Å². The Bertz CT molecular complexity index is 839. The fraction of sp³-hybridized carbons (Fsp3) is 0.235. The minimum atomic E-state index is -3.76. The Kier molecular flexibility index (Phi) is 6.41. The first-order valence-electron chi connectivity index (χ1n) is 7.40. The highest BCUT2D eigenvalue weighted by Gasteiger charge is 2.20. The first-order chi connectivity index (χ1) is 11.8. The Balaban J connectivity index is 2.14. The normalized spacial score (nSPS) is 12.4. The summed E-state index contributed by atoms with van der Waals surface area (Å²) in [5, 5.41) is 0.0825. The van der Waals surface area contributed by atoms with E-state index in [4.69, 9.17) is 16.3 Å². The van der Waals surface area contributed by atoms with Gasteiger partial charge in [-0.1, -0.05) is 41.9 Å². The molecule has 0 aromatic heterocycles. The largest absolute Gasteiger partial charge is 0.480 e. The number of carbonyl (C=O) groups excluding carboxylic acids is 1. The fourth-order valence-electron chi connectivity index (χ4n) is 2.07. The van der Waals surface area contributed by atoms with Crippen molar-refractivity contribution in [2.75, 3.05) is 13.7 Å². The van der Waals surface area contributed by atoms with E-state index in [1.165, 1.54) is 25.3 Å². The Morgan fingerprint density at radius 3 is 2.48 bits per heavy atom. The zero-order valence-electron chi connectivity index (χ0n) is 13.7. The molecule has 0 aliphatic rings. The molecule has 0 heterocycles. The highest BCUT2D eigenvalue weighted by atomic mass is 35.5. The maximum absolute atomic E-state index is 12.5. The van der Waals surface area contributed by atoms with Crippen LogP contribution < -0.4 is 9.46 Å². The maximum atomic E-state index is 12.5. The molecule has 0 fully saturated rings. The number of rotatable bonds is 7. The quantitative estimate of drug-likeness (QED) is 0.743. The zero-order valence-corrected chi connectivity index (χ0v) is 15.3. The average Bonchev–Trinajstić information content (AvgIpc) is 2.60. The number of methoxy groups -OCH3 is 1. The van der Waals surface area contributed by atoms with Crippen LogP contribution in [0.4, 0.5) is 0 Å². The number of hydrogen-bond acceptors (Lipinski definition) is 5. The van der Waals surface area contributed by atoms with Crippen molar-refractivity contribution in [1.82, 2.24) is 4.72 Å². The third-order valence-electron chi connectivity index (χ3n) is 3.42. The second-order valence-electron chi connectivity index (χ2n) is 5.21. The summed E-state index contributed by atoms with van der Waals surface area (Å²) in [6, 6.07) is 12.8. The first-order valence-corrected chi connectivity index (χ1v) is 9.26. The highest BCUT2D eigenvalue weighted by Crippen LogP contribution is 2.28. The van der Waals surface area contributed by atoms with E-state index >= 15 is 0 Å². The zero-order chi connectivity index (χ0) is 18.4. The van der Waals surface area contributed by atoms with E-state index in [1.807, 2.05) is 30.3 Å². The van der Waals surface area contributed by atoms with Crippen LogP contribution in [0.5, 0.6) is 5.75 Å². The number of halogens is 1. The molecule has 0 radical (unpaired) electrons. The molecule has 8 heteroatoms. The molecule has 0 saturated carbocycles. The van der Waals surface area contributed by atoms with Crippen LogP contribution in [0, 0.1) is 0 Å². The van der Waals surface area contributed by atoms with Gasteiger partial charge in [-0.3, -0.25) is 0 Å². The molecular weight excluding hydrogens is 366 g/mol. The number of sulfonamides is 1. The lowest BCUT2D eigenvalue weighted by atomic mass is 10.1. The van der Waals surface area contributed by atoms with E-state index in [9.17, 15) is 13.2 Å². The van der Waals surface area contributed by atoms with E-state index in [0.717, 1.165) is 5.56 Å². The molecule has 0 aliphatic heterocycles. The smallest absolute Gasteiger partial charge is 0.343 e. The van der Waals surface area contributed by atoms with Crippen LogP contribution in [-0.4, -0.2) is 28.1 Å². The van der Waals surface area contributed by atoms with Crippen LogP contribution in [0.15, 0.2) is 53.4 Å². The van der Waals surface area contributed by atoms with Crippen molar-refractivity contribution >= 4 is 27.6 Å². The monoisotopic (exact) mass is 383 g/mol. The van der Waals surface area contributed by atoms with Gasteiger partial charge in [0, 0.05) is 6.04 Å². The molecule has 0 amide bonds. The number of carbonyl (C=O) groups is 1. The van der Waals surface area contributed by atoms with E-state index in [-0.39, 0.29) is 22.3 Å². The fourth-order valence-corrected chi connectivity index (χ4v) is 3.63. The van der Waals surface area contributed by atoms with E-state index in [2.05, 4.69) is 9.46 Å². The van der Waals surface area contributed by atoms with Gasteiger partial charge in [0.25, 0.3) is 0 Å². The molecule has 0 spiro atoms. The molecule has 1 N–H and O–H groups in total. The molecule has 0 bridgehead atoms. The van der Waals surface area contributed by atoms with E-state index in [0.29, 0.717) is 0 Å². The topological polar surface area (TPSA) is 81.7 Å². The Hall–Kier alpha value is -2.09. The van der Waals surface area contributed by atoms with Crippen molar-refractivity contribution in [2.45, 2.75) is 17.9 Å². The first kappa shape index (κ1) is 19.2. The molecular formula is C17H18ClNO5S. The molecule has 134 valence electrons. The number of benzene rings is 2. The minimum absolute atomic E-state index is 0.00528. The summed E-state index contributed by atoms with van der Waals surface area (Å²) in [6.07, 6.45) is 0. The lowest BCUT2D eigenvalue weighted by Gasteiger charge is -2.15. The molecule has 0 aliphatic carbocycles. The van der Waals surface area contributed by atoms with Crippen LogP contribution in [-0.2, 0) is 19.6 Å². The van der Waals surface area contributed by atoms with Crippen molar-refractivity contribution in [3.8, 4) is 5.75 Å². The van der Waals surface area contributed by atoms with Gasteiger partial charge in [-0.05, 0) is 30.7 Å². The van der Waals surface area contributed by atoms with Gasteiger partial charge in [-0.25, -0.2) is 17.9 Å². The van der Waals surface area contributed by atoms with Gasteiger partial charge < -0.3 is 9.47 Å². The van der Waals surface area contributed by atoms with Crippen molar-refractivity contribution < 1.29 is 22.7 Å². The lowest BCUT2D eigenvalue weighted by Crippen LogP contribution is -2.26. The molecule has 2 rings (SSSR count). The third-order valence-corrected chi connectivity index (χ3v) is 5.25. The van der Waals surface area contributed by atoms with Crippen LogP contribution in [0.1, 0.15) is 18.5 Å². The molecule has 6 nitrogen and oxygen atoms in total. The second-order valence-corrected chi connectivity index (χ2v) is 7.33. The predicted molar refractivity (Wildman–Crippen MR) is 94.1 cm³/mol. The number of esters is 1. The van der Waals surface area contributed by atoms with Crippen molar-refractivity contribution in [3.63, 3.8) is 0 Å².